The van der Waals surface area contributed by atoms with E-state index in [2.05, 4.69) is 15.6 Å². The summed E-state index contributed by atoms with van der Waals surface area (Å²) in [4.78, 5) is 28.3. The van der Waals surface area contributed by atoms with Crippen molar-refractivity contribution in [3.8, 4) is 5.75 Å². The second kappa shape index (κ2) is 8.81. The number of pyridine rings is 1. The summed E-state index contributed by atoms with van der Waals surface area (Å²) in [6.07, 6.45) is 3.11. The van der Waals surface area contributed by atoms with Crippen molar-refractivity contribution in [1.29, 1.82) is 0 Å². The van der Waals surface area contributed by atoms with Crippen molar-refractivity contribution < 1.29 is 14.3 Å². The van der Waals surface area contributed by atoms with E-state index in [1.54, 1.807) is 48.8 Å². The number of hydrogen-bond acceptors (Lipinski definition) is 4. The average Bonchev–Trinajstić information content (AvgIpc) is 2.68. The summed E-state index contributed by atoms with van der Waals surface area (Å²) >= 11 is 0. The number of rotatable bonds is 6. The molecular weight excluding hydrogens is 354 g/mol. The molecule has 3 aromatic rings. The Balaban J connectivity index is 1.57. The van der Waals surface area contributed by atoms with Crippen molar-refractivity contribution >= 4 is 23.2 Å². The minimum atomic E-state index is -0.280. The summed E-state index contributed by atoms with van der Waals surface area (Å²) in [5.41, 5.74) is 3.77. The first-order chi connectivity index (χ1) is 13.5. The van der Waals surface area contributed by atoms with E-state index < -0.39 is 0 Å². The normalized spacial score (nSPS) is 10.2. The Morgan fingerprint density at radius 1 is 0.929 bits per heavy atom. The molecule has 0 fully saturated rings. The zero-order chi connectivity index (χ0) is 19.9. The molecular formula is C22H21N3O3. The number of amides is 2. The minimum Gasteiger partial charge on any atom is -0.483 e. The zero-order valence-corrected chi connectivity index (χ0v) is 15.7. The quantitative estimate of drug-likeness (QED) is 0.683. The second-order valence-electron chi connectivity index (χ2n) is 6.38. The molecule has 6 heteroatoms. The number of carbonyl (C=O) groups excluding carboxylic acids is 2. The summed E-state index contributed by atoms with van der Waals surface area (Å²) in [7, 11) is 0. The van der Waals surface area contributed by atoms with Crippen molar-refractivity contribution in [3.63, 3.8) is 0 Å². The number of aryl methyl sites for hydroxylation is 2. The molecule has 0 atom stereocenters. The lowest BCUT2D eigenvalue weighted by Crippen LogP contribution is -2.20. The number of anilines is 2. The van der Waals surface area contributed by atoms with Crippen molar-refractivity contribution in [1.82, 2.24) is 4.98 Å². The molecule has 142 valence electrons. The van der Waals surface area contributed by atoms with Crippen LogP contribution in [-0.4, -0.2) is 23.4 Å². The molecule has 2 aromatic carbocycles. The Kier molecular flexibility index (Phi) is 6.01. The molecule has 0 radical (unpaired) electrons. The number of carbonyl (C=O) groups is 2. The van der Waals surface area contributed by atoms with Gasteiger partial charge in [-0.25, -0.2) is 0 Å². The van der Waals surface area contributed by atoms with Gasteiger partial charge in [-0.2, -0.15) is 0 Å². The summed E-state index contributed by atoms with van der Waals surface area (Å²) in [6.45, 7) is 3.84. The molecule has 0 aliphatic rings. The molecule has 1 aromatic heterocycles. The van der Waals surface area contributed by atoms with E-state index in [4.69, 9.17) is 4.74 Å². The SMILES string of the molecule is Cc1ccc(OCC(=O)Nc2cccc(NC(=O)c3ccncc3)c2)c(C)c1. The van der Waals surface area contributed by atoms with Gasteiger partial charge in [-0.15, -0.1) is 0 Å². The van der Waals surface area contributed by atoms with E-state index >= 15 is 0 Å². The third-order valence-electron chi connectivity index (χ3n) is 4.04. The van der Waals surface area contributed by atoms with Gasteiger partial charge in [-0.1, -0.05) is 23.8 Å². The summed E-state index contributed by atoms with van der Waals surface area (Å²) in [6, 6.07) is 16.0. The Hall–Kier alpha value is -3.67. The Labute approximate surface area is 163 Å². The monoisotopic (exact) mass is 375 g/mol. The highest BCUT2D eigenvalue weighted by atomic mass is 16.5. The van der Waals surface area contributed by atoms with Gasteiger partial charge >= 0.3 is 0 Å². The van der Waals surface area contributed by atoms with Crippen molar-refractivity contribution in [2.45, 2.75) is 13.8 Å². The lowest BCUT2D eigenvalue weighted by atomic mass is 10.1. The standard InChI is InChI=1S/C22H21N3O3/c1-15-6-7-20(16(2)12-15)28-14-21(26)24-18-4-3-5-19(13-18)25-22(27)17-8-10-23-11-9-17/h3-13H,14H2,1-2H3,(H,24,26)(H,25,27). The van der Waals surface area contributed by atoms with E-state index in [0.717, 1.165) is 11.1 Å². The minimum absolute atomic E-state index is 0.0997. The van der Waals surface area contributed by atoms with Gasteiger partial charge < -0.3 is 15.4 Å². The molecule has 3 rings (SSSR count). The first-order valence-electron chi connectivity index (χ1n) is 8.82. The van der Waals surface area contributed by atoms with Gasteiger partial charge in [-0.05, 0) is 55.8 Å². The molecule has 2 amide bonds. The Morgan fingerprint density at radius 3 is 2.36 bits per heavy atom. The fourth-order valence-corrected chi connectivity index (χ4v) is 2.68. The van der Waals surface area contributed by atoms with Gasteiger partial charge in [0.2, 0.25) is 0 Å². The van der Waals surface area contributed by atoms with Crippen LogP contribution in [0.25, 0.3) is 0 Å². The predicted octanol–water partition coefficient (Wildman–Crippen LogP) is 3.97. The molecule has 28 heavy (non-hydrogen) atoms. The van der Waals surface area contributed by atoms with Crippen molar-refractivity contribution in [3.05, 3.63) is 83.7 Å². The highest BCUT2D eigenvalue weighted by Gasteiger charge is 2.08. The number of nitrogens with zero attached hydrogens (tertiary/aromatic N) is 1. The summed E-state index contributed by atoms with van der Waals surface area (Å²) < 4.78 is 5.59. The van der Waals surface area contributed by atoms with E-state index in [1.807, 2.05) is 32.0 Å². The van der Waals surface area contributed by atoms with Crippen LogP contribution < -0.4 is 15.4 Å². The topological polar surface area (TPSA) is 80.3 Å². The zero-order valence-electron chi connectivity index (χ0n) is 15.7. The second-order valence-corrected chi connectivity index (χ2v) is 6.38. The molecule has 2 N–H and O–H groups in total. The first kappa shape index (κ1) is 19.1. The summed E-state index contributed by atoms with van der Waals surface area (Å²) in [5.74, 6) is 0.153. The maximum absolute atomic E-state index is 12.2. The number of ether oxygens (including phenoxy) is 1. The fourth-order valence-electron chi connectivity index (χ4n) is 2.68. The van der Waals surface area contributed by atoms with Gasteiger partial charge in [0, 0.05) is 29.3 Å². The molecule has 0 spiro atoms. The van der Waals surface area contributed by atoms with Gasteiger partial charge in [0.1, 0.15) is 5.75 Å². The number of hydrogen-bond donors (Lipinski definition) is 2. The third-order valence-corrected chi connectivity index (χ3v) is 4.04. The van der Waals surface area contributed by atoms with Crippen molar-refractivity contribution in [2.24, 2.45) is 0 Å². The van der Waals surface area contributed by atoms with Crippen molar-refractivity contribution in [2.75, 3.05) is 17.2 Å². The van der Waals surface area contributed by atoms with Crippen LogP contribution in [0.3, 0.4) is 0 Å². The predicted molar refractivity (Wildman–Crippen MR) is 109 cm³/mol. The fraction of sp³-hybridized carbons (Fsp3) is 0.136. The Morgan fingerprint density at radius 2 is 1.64 bits per heavy atom. The molecule has 0 saturated heterocycles. The van der Waals surface area contributed by atoms with Crippen LogP contribution in [0.15, 0.2) is 67.0 Å². The lowest BCUT2D eigenvalue weighted by Gasteiger charge is -2.11. The van der Waals surface area contributed by atoms with Crippen LogP contribution >= 0.6 is 0 Å². The van der Waals surface area contributed by atoms with Crippen LogP contribution in [0.5, 0.6) is 5.75 Å². The van der Waals surface area contributed by atoms with E-state index in [-0.39, 0.29) is 18.4 Å². The molecule has 0 aliphatic heterocycles. The van der Waals surface area contributed by atoms with E-state index in [0.29, 0.717) is 22.7 Å². The summed E-state index contributed by atoms with van der Waals surface area (Å²) in [5, 5.41) is 5.56. The highest BCUT2D eigenvalue weighted by molar-refractivity contribution is 6.04. The Bertz CT molecular complexity index is 987. The van der Waals surface area contributed by atoms with Crippen LogP contribution in [0.2, 0.25) is 0 Å². The molecule has 1 heterocycles. The lowest BCUT2D eigenvalue weighted by molar-refractivity contribution is -0.118. The van der Waals surface area contributed by atoms with E-state index in [9.17, 15) is 9.59 Å². The molecule has 0 unspecified atom stereocenters. The average molecular weight is 375 g/mol. The van der Waals surface area contributed by atoms with Gasteiger partial charge in [0.05, 0.1) is 0 Å². The van der Waals surface area contributed by atoms with Gasteiger partial charge in [0.15, 0.2) is 6.61 Å². The molecule has 6 nitrogen and oxygen atoms in total. The third kappa shape index (κ3) is 5.17. The van der Waals surface area contributed by atoms with Crippen LogP contribution in [0.1, 0.15) is 21.5 Å². The maximum atomic E-state index is 12.2. The number of benzene rings is 2. The molecule has 0 saturated carbocycles. The van der Waals surface area contributed by atoms with Gasteiger partial charge in [0.25, 0.3) is 11.8 Å². The van der Waals surface area contributed by atoms with E-state index in [1.165, 1.54) is 0 Å². The molecule has 0 aliphatic carbocycles. The molecule has 0 bridgehead atoms. The van der Waals surface area contributed by atoms with Crippen LogP contribution in [0, 0.1) is 13.8 Å². The number of aromatic nitrogens is 1. The highest BCUT2D eigenvalue weighted by Crippen LogP contribution is 2.19. The van der Waals surface area contributed by atoms with Crippen LogP contribution in [-0.2, 0) is 4.79 Å². The van der Waals surface area contributed by atoms with Crippen LogP contribution in [0.4, 0.5) is 11.4 Å². The maximum Gasteiger partial charge on any atom is 0.262 e. The number of nitrogens with one attached hydrogen (secondary N) is 2. The smallest absolute Gasteiger partial charge is 0.262 e. The van der Waals surface area contributed by atoms with Gasteiger partial charge in [-0.3, -0.25) is 14.6 Å². The first-order valence-corrected chi connectivity index (χ1v) is 8.82. The largest absolute Gasteiger partial charge is 0.483 e.